The van der Waals surface area contributed by atoms with Gasteiger partial charge >= 0.3 is 0 Å². The van der Waals surface area contributed by atoms with Crippen molar-refractivity contribution in [1.29, 1.82) is 0 Å². The lowest BCUT2D eigenvalue weighted by Gasteiger charge is -2.21. The SMILES string of the molecule is CC#CCN1CCOCCCOCN(CC#CC)CCOCCOCC1. The van der Waals surface area contributed by atoms with Crippen molar-refractivity contribution in [3.05, 3.63) is 0 Å². The number of ether oxygens (including phenoxy) is 4. The first kappa shape index (κ1) is 22.9. The molecule has 1 saturated heterocycles. The van der Waals surface area contributed by atoms with Crippen LogP contribution in [0.3, 0.4) is 0 Å². The predicted molar refractivity (Wildman–Crippen MR) is 103 cm³/mol. The van der Waals surface area contributed by atoms with Crippen LogP contribution in [-0.4, -0.2) is 95.5 Å². The quantitative estimate of drug-likeness (QED) is 0.681. The summed E-state index contributed by atoms with van der Waals surface area (Å²) in [5, 5.41) is 0. The molecule has 0 radical (unpaired) electrons. The molecule has 0 N–H and O–H groups in total. The molecule has 0 amide bonds. The summed E-state index contributed by atoms with van der Waals surface area (Å²) < 4.78 is 22.8. The van der Waals surface area contributed by atoms with Crippen LogP contribution >= 0.6 is 0 Å². The van der Waals surface area contributed by atoms with Crippen molar-refractivity contribution in [2.75, 3.05) is 85.7 Å². The van der Waals surface area contributed by atoms with E-state index in [9.17, 15) is 0 Å². The maximum atomic E-state index is 5.73. The monoisotopic (exact) mass is 366 g/mol. The molecule has 1 heterocycles. The van der Waals surface area contributed by atoms with Gasteiger partial charge < -0.3 is 18.9 Å². The summed E-state index contributed by atoms with van der Waals surface area (Å²) in [6, 6.07) is 0. The molecule has 1 rings (SSSR count). The van der Waals surface area contributed by atoms with Gasteiger partial charge in [-0.05, 0) is 20.3 Å². The van der Waals surface area contributed by atoms with E-state index < -0.39 is 0 Å². The summed E-state index contributed by atoms with van der Waals surface area (Å²) in [7, 11) is 0. The Morgan fingerprint density at radius 1 is 0.615 bits per heavy atom. The Balaban J connectivity index is 2.37. The molecule has 6 heteroatoms. The zero-order valence-electron chi connectivity index (χ0n) is 16.4. The van der Waals surface area contributed by atoms with Crippen LogP contribution in [-0.2, 0) is 18.9 Å². The Hall–Kier alpha value is -1.12. The van der Waals surface area contributed by atoms with E-state index in [0.29, 0.717) is 59.5 Å². The zero-order chi connectivity index (χ0) is 18.7. The maximum Gasteiger partial charge on any atom is 0.0998 e. The van der Waals surface area contributed by atoms with Gasteiger partial charge in [0.1, 0.15) is 0 Å². The lowest BCUT2D eigenvalue weighted by Crippen LogP contribution is -2.33. The minimum Gasteiger partial charge on any atom is -0.380 e. The third-order valence-electron chi connectivity index (χ3n) is 3.84. The molecule has 0 atom stereocenters. The van der Waals surface area contributed by atoms with Gasteiger partial charge in [0, 0.05) is 26.2 Å². The van der Waals surface area contributed by atoms with Crippen molar-refractivity contribution >= 4 is 0 Å². The Labute approximate surface area is 159 Å². The third kappa shape index (κ3) is 13.1. The standard InChI is InChI=1S/C20H34N2O4/c1-3-5-8-21-10-15-23-13-7-14-26-20-22(9-6-4-2)12-17-25-19-18-24-16-11-21/h7-20H2,1-2H3. The second-order valence-electron chi connectivity index (χ2n) is 5.91. The molecule has 6 nitrogen and oxygen atoms in total. The Bertz CT molecular complexity index is 388. The van der Waals surface area contributed by atoms with Crippen LogP contribution in [0, 0.1) is 23.7 Å². The molecule has 0 aromatic rings. The van der Waals surface area contributed by atoms with E-state index in [2.05, 4.69) is 33.5 Å². The van der Waals surface area contributed by atoms with Crippen LogP contribution < -0.4 is 0 Å². The fraction of sp³-hybridized carbons (Fsp3) is 0.800. The van der Waals surface area contributed by atoms with Gasteiger partial charge in [0.15, 0.2) is 0 Å². The lowest BCUT2D eigenvalue weighted by atomic mass is 10.4. The van der Waals surface area contributed by atoms with Crippen molar-refractivity contribution in [3.8, 4) is 23.7 Å². The predicted octanol–water partition coefficient (Wildman–Crippen LogP) is 1.06. The van der Waals surface area contributed by atoms with E-state index in [-0.39, 0.29) is 0 Å². The van der Waals surface area contributed by atoms with Gasteiger partial charge in [0.25, 0.3) is 0 Å². The average molecular weight is 367 g/mol. The first-order valence-electron chi connectivity index (χ1n) is 9.41. The second kappa shape index (κ2) is 17.3. The number of hydrogen-bond donors (Lipinski definition) is 0. The average Bonchev–Trinajstić information content (AvgIpc) is 2.65. The number of rotatable bonds is 2. The van der Waals surface area contributed by atoms with Crippen molar-refractivity contribution in [2.45, 2.75) is 20.3 Å². The fourth-order valence-corrected chi connectivity index (χ4v) is 2.30. The Kier molecular flexibility index (Phi) is 15.3. The maximum absolute atomic E-state index is 5.73. The summed E-state index contributed by atoms with van der Waals surface area (Å²) in [5.41, 5.74) is 0. The summed E-state index contributed by atoms with van der Waals surface area (Å²) in [4.78, 5) is 4.40. The van der Waals surface area contributed by atoms with E-state index >= 15 is 0 Å². The van der Waals surface area contributed by atoms with Gasteiger partial charge in [0.2, 0.25) is 0 Å². The third-order valence-corrected chi connectivity index (χ3v) is 3.84. The lowest BCUT2D eigenvalue weighted by molar-refractivity contribution is -0.00682. The summed E-state index contributed by atoms with van der Waals surface area (Å²) in [5.74, 6) is 12.1. The molecule has 0 spiro atoms. The smallest absolute Gasteiger partial charge is 0.0998 e. The zero-order valence-corrected chi connectivity index (χ0v) is 16.4. The highest BCUT2D eigenvalue weighted by atomic mass is 16.5. The second-order valence-corrected chi connectivity index (χ2v) is 5.91. The van der Waals surface area contributed by atoms with Crippen molar-refractivity contribution < 1.29 is 18.9 Å². The molecule has 0 bridgehead atoms. The molecule has 1 fully saturated rings. The van der Waals surface area contributed by atoms with Crippen molar-refractivity contribution in [1.82, 2.24) is 9.80 Å². The van der Waals surface area contributed by atoms with Gasteiger partial charge in [-0.1, -0.05) is 11.8 Å². The van der Waals surface area contributed by atoms with Gasteiger partial charge in [-0.15, -0.1) is 11.8 Å². The topological polar surface area (TPSA) is 43.4 Å². The largest absolute Gasteiger partial charge is 0.380 e. The molecule has 0 aromatic carbocycles. The van der Waals surface area contributed by atoms with Crippen molar-refractivity contribution in [2.24, 2.45) is 0 Å². The van der Waals surface area contributed by atoms with Crippen LogP contribution in [0.15, 0.2) is 0 Å². The van der Waals surface area contributed by atoms with E-state index in [0.717, 1.165) is 32.6 Å². The minimum absolute atomic E-state index is 0.567. The van der Waals surface area contributed by atoms with E-state index in [1.807, 2.05) is 13.8 Å². The number of hydrogen-bond acceptors (Lipinski definition) is 6. The molecule has 0 saturated carbocycles. The first-order valence-corrected chi connectivity index (χ1v) is 9.41. The first-order chi connectivity index (χ1) is 12.9. The summed E-state index contributed by atoms with van der Waals surface area (Å²) in [6.07, 6.45) is 0.891. The molecule has 1 aliphatic rings. The van der Waals surface area contributed by atoms with Gasteiger partial charge in [-0.2, -0.15) is 0 Å². The molecule has 0 aliphatic carbocycles. The highest BCUT2D eigenvalue weighted by molar-refractivity contribution is 4.98. The Morgan fingerprint density at radius 2 is 1.12 bits per heavy atom. The van der Waals surface area contributed by atoms with Crippen molar-refractivity contribution in [3.63, 3.8) is 0 Å². The van der Waals surface area contributed by atoms with Gasteiger partial charge in [-0.25, -0.2) is 0 Å². The van der Waals surface area contributed by atoms with Crippen LogP contribution in [0.25, 0.3) is 0 Å². The number of nitrogens with zero attached hydrogens (tertiary/aromatic N) is 2. The van der Waals surface area contributed by atoms with Crippen LogP contribution in [0.1, 0.15) is 20.3 Å². The Morgan fingerprint density at radius 3 is 1.73 bits per heavy atom. The molecule has 0 unspecified atom stereocenters. The highest BCUT2D eigenvalue weighted by Crippen LogP contribution is 1.95. The van der Waals surface area contributed by atoms with E-state index in [4.69, 9.17) is 18.9 Å². The van der Waals surface area contributed by atoms with E-state index in [1.54, 1.807) is 0 Å². The van der Waals surface area contributed by atoms with Crippen LogP contribution in [0.4, 0.5) is 0 Å². The highest BCUT2D eigenvalue weighted by Gasteiger charge is 2.06. The molecule has 0 aromatic heterocycles. The summed E-state index contributed by atoms with van der Waals surface area (Å²) in [6.45, 7) is 12.9. The minimum atomic E-state index is 0.567. The van der Waals surface area contributed by atoms with Gasteiger partial charge in [0.05, 0.1) is 59.5 Å². The molecular weight excluding hydrogens is 332 g/mol. The fourth-order valence-electron chi connectivity index (χ4n) is 2.30. The summed E-state index contributed by atoms with van der Waals surface area (Å²) >= 11 is 0. The normalized spacial score (nSPS) is 20.7. The van der Waals surface area contributed by atoms with E-state index in [1.165, 1.54) is 0 Å². The van der Waals surface area contributed by atoms with Crippen LogP contribution in [0.2, 0.25) is 0 Å². The molecule has 26 heavy (non-hydrogen) atoms. The van der Waals surface area contributed by atoms with Crippen LogP contribution in [0.5, 0.6) is 0 Å². The van der Waals surface area contributed by atoms with Gasteiger partial charge in [-0.3, -0.25) is 9.80 Å². The molecular formula is C20H34N2O4. The molecule has 148 valence electrons. The molecule has 1 aliphatic heterocycles.